The molecule has 0 saturated carbocycles. The van der Waals surface area contributed by atoms with Crippen molar-refractivity contribution in [3.05, 3.63) is 12.4 Å². The quantitative estimate of drug-likeness (QED) is 0.687. The number of hydrogen-bond acceptors (Lipinski definition) is 5. The van der Waals surface area contributed by atoms with E-state index in [1.807, 2.05) is 0 Å². The third-order valence-corrected chi connectivity index (χ3v) is 1.80. The summed E-state index contributed by atoms with van der Waals surface area (Å²) in [7, 11) is 0. The van der Waals surface area contributed by atoms with Gasteiger partial charge in [-0.15, -0.1) is 0 Å². The highest BCUT2D eigenvalue weighted by Gasteiger charge is 2.00. The molecule has 5 heteroatoms. The van der Waals surface area contributed by atoms with Crippen LogP contribution in [0.1, 0.15) is 19.8 Å². The molecule has 1 heterocycles. The van der Waals surface area contributed by atoms with Crippen molar-refractivity contribution in [2.75, 3.05) is 25.6 Å². The maximum atomic E-state index is 5.54. The summed E-state index contributed by atoms with van der Waals surface area (Å²) < 4.78 is 10.6. The van der Waals surface area contributed by atoms with Crippen LogP contribution in [-0.4, -0.2) is 29.8 Å². The zero-order valence-corrected chi connectivity index (χ0v) is 8.98. The van der Waals surface area contributed by atoms with E-state index in [2.05, 4.69) is 16.9 Å². The van der Waals surface area contributed by atoms with Gasteiger partial charge in [-0.05, 0) is 6.42 Å². The van der Waals surface area contributed by atoms with Crippen molar-refractivity contribution >= 4 is 5.82 Å². The number of unbranched alkanes of at least 4 members (excludes halogenated alkanes) is 1. The first kappa shape index (κ1) is 11.7. The molecule has 1 aromatic heterocycles. The third-order valence-electron chi connectivity index (χ3n) is 1.80. The summed E-state index contributed by atoms with van der Waals surface area (Å²) in [6.45, 7) is 3.90. The molecule has 0 bridgehead atoms. The Labute approximate surface area is 89.6 Å². The summed E-state index contributed by atoms with van der Waals surface area (Å²) in [6, 6.07) is 0. The smallest absolute Gasteiger partial charge is 0.257 e. The predicted molar refractivity (Wildman–Crippen MR) is 57.7 cm³/mol. The summed E-state index contributed by atoms with van der Waals surface area (Å²) in [4.78, 5) is 7.80. The Kier molecular flexibility index (Phi) is 5.47. The second-order valence-corrected chi connectivity index (χ2v) is 3.06. The van der Waals surface area contributed by atoms with Crippen molar-refractivity contribution < 1.29 is 9.47 Å². The molecular weight excluding hydrogens is 194 g/mol. The second kappa shape index (κ2) is 7.00. The number of nitrogens with zero attached hydrogens (tertiary/aromatic N) is 2. The Morgan fingerprint density at radius 1 is 1.20 bits per heavy atom. The molecule has 0 aromatic carbocycles. The van der Waals surface area contributed by atoms with E-state index in [0.717, 1.165) is 19.4 Å². The molecule has 0 fully saturated rings. The molecule has 0 amide bonds. The van der Waals surface area contributed by atoms with Crippen molar-refractivity contribution in [3.8, 4) is 5.88 Å². The summed E-state index contributed by atoms with van der Waals surface area (Å²) in [6.07, 6.45) is 5.29. The number of anilines is 1. The van der Waals surface area contributed by atoms with E-state index < -0.39 is 0 Å². The van der Waals surface area contributed by atoms with Crippen molar-refractivity contribution in [2.45, 2.75) is 19.8 Å². The lowest BCUT2D eigenvalue weighted by atomic mass is 10.4. The van der Waals surface area contributed by atoms with E-state index in [9.17, 15) is 0 Å². The van der Waals surface area contributed by atoms with E-state index in [1.54, 1.807) is 6.20 Å². The number of aromatic nitrogens is 2. The molecule has 0 aliphatic heterocycles. The Morgan fingerprint density at radius 2 is 2.00 bits per heavy atom. The summed E-state index contributed by atoms with van der Waals surface area (Å²) in [5, 5.41) is 0. The van der Waals surface area contributed by atoms with Gasteiger partial charge in [0.1, 0.15) is 6.61 Å². The maximum absolute atomic E-state index is 5.54. The zero-order chi connectivity index (χ0) is 10.9. The highest BCUT2D eigenvalue weighted by molar-refractivity contribution is 5.38. The second-order valence-electron chi connectivity index (χ2n) is 3.06. The van der Waals surface area contributed by atoms with Gasteiger partial charge in [0.15, 0.2) is 5.82 Å². The van der Waals surface area contributed by atoms with Gasteiger partial charge in [0.2, 0.25) is 0 Å². The average Bonchev–Trinajstić information content (AvgIpc) is 2.25. The summed E-state index contributed by atoms with van der Waals surface area (Å²) in [5.41, 5.74) is 5.54. The zero-order valence-electron chi connectivity index (χ0n) is 8.98. The Balaban J connectivity index is 2.12. The topological polar surface area (TPSA) is 70.3 Å². The first-order valence-electron chi connectivity index (χ1n) is 5.11. The molecule has 0 saturated heterocycles. The number of nitrogens with two attached hydrogens (primary N) is 1. The monoisotopic (exact) mass is 211 g/mol. The fourth-order valence-electron chi connectivity index (χ4n) is 0.993. The van der Waals surface area contributed by atoms with Crippen LogP contribution in [0.5, 0.6) is 5.88 Å². The van der Waals surface area contributed by atoms with Gasteiger partial charge in [-0.25, -0.2) is 9.97 Å². The van der Waals surface area contributed by atoms with Crippen LogP contribution in [0.4, 0.5) is 5.82 Å². The van der Waals surface area contributed by atoms with Gasteiger partial charge >= 0.3 is 0 Å². The molecule has 0 aliphatic carbocycles. The number of hydrogen-bond donors (Lipinski definition) is 1. The lowest BCUT2D eigenvalue weighted by Gasteiger charge is -2.06. The van der Waals surface area contributed by atoms with E-state index in [1.165, 1.54) is 6.20 Å². The molecule has 15 heavy (non-hydrogen) atoms. The van der Waals surface area contributed by atoms with Crippen LogP contribution in [0.2, 0.25) is 0 Å². The number of ether oxygens (including phenoxy) is 2. The molecule has 2 N–H and O–H groups in total. The lowest BCUT2D eigenvalue weighted by Crippen LogP contribution is -2.09. The molecule has 5 nitrogen and oxygen atoms in total. The standard InChI is InChI=1S/C10H17N3O2/c1-2-3-6-14-7-8-15-10-9(11)12-4-5-13-10/h4-5H,2-3,6-8H2,1H3,(H2,11,12). The van der Waals surface area contributed by atoms with Crippen molar-refractivity contribution in [2.24, 2.45) is 0 Å². The minimum absolute atomic E-state index is 0.311. The van der Waals surface area contributed by atoms with E-state index >= 15 is 0 Å². The van der Waals surface area contributed by atoms with Crippen molar-refractivity contribution in [1.29, 1.82) is 0 Å². The summed E-state index contributed by atoms with van der Waals surface area (Å²) in [5.74, 6) is 0.683. The Hall–Kier alpha value is -1.36. The summed E-state index contributed by atoms with van der Waals surface area (Å²) >= 11 is 0. The van der Waals surface area contributed by atoms with Gasteiger partial charge in [0.05, 0.1) is 6.61 Å². The largest absolute Gasteiger partial charge is 0.473 e. The predicted octanol–water partition coefficient (Wildman–Crippen LogP) is 1.25. The minimum Gasteiger partial charge on any atom is -0.473 e. The van der Waals surface area contributed by atoms with Gasteiger partial charge in [-0.1, -0.05) is 13.3 Å². The molecule has 1 rings (SSSR count). The van der Waals surface area contributed by atoms with Crippen LogP contribution in [0, 0.1) is 0 Å². The molecule has 0 aliphatic rings. The van der Waals surface area contributed by atoms with Gasteiger partial charge in [-0.2, -0.15) is 0 Å². The number of nitrogen functional groups attached to an aromatic ring is 1. The van der Waals surface area contributed by atoms with Crippen LogP contribution in [0.3, 0.4) is 0 Å². The fraction of sp³-hybridized carbons (Fsp3) is 0.600. The van der Waals surface area contributed by atoms with Crippen LogP contribution in [0.25, 0.3) is 0 Å². The fourth-order valence-corrected chi connectivity index (χ4v) is 0.993. The van der Waals surface area contributed by atoms with Crippen LogP contribution >= 0.6 is 0 Å². The number of rotatable bonds is 7. The molecule has 1 aromatic rings. The molecule has 0 unspecified atom stereocenters. The molecular formula is C10H17N3O2. The van der Waals surface area contributed by atoms with Crippen LogP contribution < -0.4 is 10.5 Å². The van der Waals surface area contributed by atoms with Gasteiger partial charge < -0.3 is 15.2 Å². The minimum atomic E-state index is 0.311. The van der Waals surface area contributed by atoms with Gasteiger partial charge in [0, 0.05) is 19.0 Å². The highest BCUT2D eigenvalue weighted by Crippen LogP contribution is 2.11. The first-order chi connectivity index (χ1) is 7.34. The SMILES string of the molecule is CCCCOCCOc1nccnc1N. The maximum Gasteiger partial charge on any atom is 0.257 e. The van der Waals surface area contributed by atoms with Crippen LogP contribution in [0.15, 0.2) is 12.4 Å². The first-order valence-corrected chi connectivity index (χ1v) is 5.11. The van der Waals surface area contributed by atoms with E-state index in [4.69, 9.17) is 15.2 Å². The van der Waals surface area contributed by atoms with Crippen LogP contribution in [-0.2, 0) is 4.74 Å². The van der Waals surface area contributed by atoms with E-state index in [0.29, 0.717) is 24.9 Å². The molecule has 0 radical (unpaired) electrons. The third kappa shape index (κ3) is 4.60. The highest BCUT2D eigenvalue weighted by atomic mass is 16.5. The normalized spacial score (nSPS) is 10.2. The Bertz CT molecular complexity index is 281. The average molecular weight is 211 g/mol. The van der Waals surface area contributed by atoms with E-state index in [-0.39, 0.29) is 0 Å². The molecule has 0 atom stereocenters. The molecule has 84 valence electrons. The lowest BCUT2D eigenvalue weighted by molar-refractivity contribution is 0.0967. The van der Waals surface area contributed by atoms with Crippen molar-refractivity contribution in [1.82, 2.24) is 9.97 Å². The Morgan fingerprint density at radius 3 is 2.73 bits per heavy atom. The molecule has 0 spiro atoms. The van der Waals surface area contributed by atoms with Gasteiger partial charge in [-0.3, -0.25) is 0 Å². The van der Waals surface area contributed by atoms with Gasteiger partial charge in [0.25, 0.3) is 5.88 Å². The van der Waals surface area contributed by atoms with Crippen molar-refractivity contribution in [3.63, 3.8) is 0 Å².